The standard InChI is InChI=1S/C8H12O2/c1-7-2-3-8(4-5-9)10-6-7/h2,5,8H,3-4,6H2,1H3. The zero-order valence-electron chi connectivity index (χ0n) is 6.17. The summed E-state index contributed by atoms with van der Waals surface area (Å²) in [6, 6.07) is 0. The zero-order valence-corrected chi connectivity index (χ0v) is 6.17. The Bertz CT molecular complexity index is 149. The summed E-state index contributed by atoms with van der Waals surface area (Å²) in [5.41, 5.74) is 1.27. The summed E-state index contributed by atoms with van der Waals surface area (Å²) in [5, 5.41) is 0. The third kappa shape index (κ3) is 1.95. The summed E-state index contributed by atoms with van der Waals surface area (Å²) < 4.78 is 5.33. The Kier molecular flexibility index (Phi) is 2.63. The van der Waals surface area contributed by atoms with Gasteiger partial charge in [0.25, 0.3) is 0 Å². The van der Waals surface area contributed by atoms with Gasteiger partial charge in [0.2, 0.25) is 0 Å². The van der Waals surface area contributed by atoms with Crippen LogP contribution in [0.4, 0.5) is 0 Å². The van der Waals surface area contributed by atoms with Crippen molar-refractivity contribution in [3.05, 3.63) is 11.6 Å². The van der Waals surface area contributed by atoms with Crippen LogP contribution in [0.3, 0.4) is 0 Å². The molecule has 0 bridgehead atoms. The highest BCUT2D eigenvalue weighted by Gasteiger charge is 2.10. The van der Waals surface area contributed by atoms with E-state index in [1.165, 1.54) is 5.57 Å². The molecule has 10 heavy (non-hydrogen) atoms. The molecule has 1 heterocycles. The van der Waals surface area contributed by atoms with E-state index in [-0.39, 0.29) is 6.10 Å². The van der Waals surface area contributed by atoms with Gasteiger partial charge >= 0.3 is 0 Å². The molecule has 0 saturated heterocycles. The second-order valence-corrected chi connectivity index (χ2v) is 2.62. The molecule has 0 fully saturated rings. The van der Waals surface area contributed by atoms with Crippen LogP contribution < -0.4 is 0 Å². The molecule has 0 spiro atoms. The van der Waals surface area contributed by atoms with E-state index in [2.05, 4.69) is 6.08 Å². The Morgan fingerprint density at radius 2 is 2.70 bits per heavy atom. The van der Waals surface area contributed by atoms with Gasteiger partial charge in [-0.1, -0.05) is 11.6 Å². The van der Waals surface area contributed by atoms with E-state index in [0.29, 0.717) is 13.0 Å². The quantitative estimate of drug-likeness (QED) is 0.427. The molecule has 0 aromatic heterocycles. The third-order valence-electron chi connectivity index (χ3n) is 1.64. The van der Waals surface area contributed by atoms with Gasteiger partial charge in [0.05, 0.1) is 12.7 Å². The summed E-state index contributed by atoms with van der Waals surface area (Å²) in [5.74, 6) is 0. The highest BCUT2D eigenvalue weighted by Crippen LogP contribution is 2.13. The summed E-state index contributed by atoms with van der Waals surface area (Å²) in [4.78, 5) is 10.1. The van der Waals surface area contributed by atoms with E-state index < -0.39 is 0 Å². The van der Waals surface area contributed by atoms with Crippen LogP contribution in [0.15, 0.2) is 11.6 Å². The van der Waals surface area contributed by atoms with Gasteiger partial charge < -0.3 is 9.53 Å². The van der Waals surface area contributed by atoms with Crippen molar-refractivity contribution in [2.45, 2.75) is 25.9 Å². The van der Waals surface area contributed by atoms with E-state index in [1.54, 1.807) is 0 Å². The summed E-state index contributed by atoms with van der Waals surface area (Å²) in [7, 11) is 0. The minimum Gasteiger partial charge on any atom is -0.373 e. The lowest BCUT2D eigenvalue weighted by atomic mass is 10.1. The molecule has 1 rings (SSSR count). The van der Waals surface area contributed by atoms with Gasteiger partial charge in [-0.15, -0.1) is 0 Å². The SMILES string of the molecule is CC1=CCC(CC=O)OC1. The van der Waals surface area contributed by atoms with Crippen molar-refractivity contribution in [2.24, 2.45) is 0 Å². The highest BCUT2D eigenvalue weighted by atomic mass is 16.5. The lowest BCUT2D eigenvalue weighted by molar-refractivity contribution is -0.110. The second-order valence-electron chi connectivity index (χ2n) is 2.62. The normalized spacial score (nSPS) is 25.7. The van der Waals surface area contributed by atoms with Gasteiger partial charge in [-0.05, 0) is 13.3 Å². The number of carbonyl (C=O) groups excluding carboxylic acids is 1. The lowest BCUT2D eigenvalue weighted by Crippen LogP contribution is -2.18. The molecule has 0 aromatic rings. The minimum absolute atomic E-state index is 0.140. The van der Waals surface area contributed by atoms with Crippen LogP contribution in [0, 0.1) is 0 Å². The fourth-order valence-corrected chi connectivity index (χ4v) is 0.980. The van der Waals surface area contributed by atoms with Gasteiger partial charge in [0.1, 0.15) is 6.29 Å². The number of hydrogen-bond donors (Lipinski definition) is 0. The molecule has 1 unspecified atom stereocenters. The van der Waals surface area contributed by atoms with Crippen LogP contribution >= 0.6 is 0 Å². The van der Waals surface area contributed by atoms with E-state index >= 15 is 0 Å². The van der Waals surface area contributed by atoms with Crippen molar-refractivity contribution in [1.82, 2.24) is 0 Å². The van der Waals surface area contributed by atoms with Crippen molar-refractivity contribution < 1.29 is 9.53 Å². The van der Waals surface area contributed by atoms with Crippen molar-refractivity contribution in [3.8, 4) is 0 Å². The zero-order chi connectivity index (χ0) is 7.40. The predicted molar refractivity (Wildman–Crippen MR) is 38.8 cm³/mol. The first kappa shape index (κ1) is 7.48. The van der Waals surface area contributed by atoms with Crippen LogP contribution in [0.5, 0.6) is 0 Å². The van der Waals surface area contributed by atoms with Crippen LogP contribution in [0.2, 0.25) is 0 Å². The first-order chi connectivity index (χ1) is 4.83. The molecular weight excluding hydrogens is 128 g/mol. The van der Waals surface area contributed by atoms with Crippen LogP contribution in [0.1, 0.15) is 19.8 Å². The highest BCUT2D eigenvalue weighted by molar-refractivity contribution is 5.50. The van der Waals surface area contributed by atoms with Gasteiger partial charge in [-0.25, -0.2) is 0 Å². The van der Waals surface area contributed by atoms with E-state index in [4.69, 9.17) is 4.74 Å². The Balaban J connectivity index is 2.34. The summed E-state index contributed by atoms with van der Waals surface area (Å²) in [6.07, 6.45) is 4.62. The average Bonchev–Trinajstić information content (AvgIpc) is 1.95. The van der Waals surface area contributed by atoms with E-state index in [0.717, 1.165) is 12.7 Å². The number of rotatable bonds is 2. The molecule has 56 valence electrons. The molecule has 0 aromatic carbocycles. The maximum atomic E-state index is 10.1. The van der Waals surface area contributed by atoms with Gasteiger partial charge in [0, 0.05) is 6.42 Å². The van der Waals surface area contributed by atoms with Crippen LogP contribution in [-0.4, -0.2) is 19.0 Å². The molecule has 0 radical (unpaired) electrons. The predicted octanol–water partition coefficient (Wildman–Crippen LogP) is 1.31. The summed E-state index contributed by atoms with van der Waals surface area (Å²) in [6.45, 7) is 2.73. The minimum atomic E-state index is 0.140. The summed E-state index contributed by atoms with van der Waals surface area (Å²) >= 11 is 0. The monoisotopic (exact) mass is 140 g/mol. The first-order valence-corrected chi connectivity index (χ1v) is 3.54. The van der Waals surface area contributed by atoms with E-state index in [9.17, 15) is 4.79 Å². The first-order valence-electron chi connectivity index (χ1n) is 3.54. The molecule has 1 aliphatic rings. The Morgan fingerprint density at radius 3 is 3.20 bits per heavy atom. The second kappa shape index (κ2) is 3.52. The van der Waals surface area contributed by atoms with Crippen LogP contribution in [-0.2, 0) is 9.53 Å². The molecular formula is C8H12O2. The molecule has 0 saturated carbocycles. The Hall–Kier alpha value is -0.630. The molecule has 2 nitrogen and oxygen atoms in total. The maximum Gasteiger partial charge on any atom is 0.122 e. The lowest BCUT2D eigenvalue weighted by Gasteiger charge is -2.18. The van der Waals surface area contributed by atoms with Crippen molar-refractivity contribution in [2.75, 3.05) is 6.61 Å². The molecule has 0 aliphatic carbocycles. The van der Waals surface area contributed by atoms with Crippen molar-refractivity contribution in [3.63, 3.8) is 0 Å². The molecule has 1 aliphatic heterocycles. The Morgan fingerprint density at radius 1 is 1.90 bits per heavy atom. The van der Waals surface area contributed by atoms with Gasteiger partial charge in [-0.3, -0.25) is 0 Å². The molecule has 0 amide bonds. The van der Waals surface area contributed by atoms with E-state index in [1.807, 2.05) is 6.92 Å². The molecule has 1 atom stereocenters. The number of ether oxygens (including phenoxy) is 1. The van der Waals surface area contributed by atoms with Crippen molar-refractivity contribution in [1.29, 1.82) is 0 Å². The van der Waals surface area contributed by atoms with Gasteiger partial charge in [-0.2, -0.15) is 0 Å². The fraction of sp³-hybridized carbons (Fsp3) is 0.625. The van der Waals surface area contributed by atoms with Crippen molar-refractivity contribution >= 4 is 6.29 Å². The third-order valence-corrected chi connectivity index (χ3v) is 1.64. The van der Waals surface area contributed by atoms with Crippen LogP contribution in [0.25, 0.3) is 0 Å². The topological polar surface area (TPSA) is 26.3 Å². The molecule has 0 N–H and O–H groups in total. The fourth-order valence-electron chi connectivity index (χ4n) is 0.980. The Labute approximate surface area is 60.9 Å². The smallest absolute Gasteiger partial charge is 0.122 e. The number of aldehydes is 1. The molecule has 2 heteroatoms. The average molecular weight is 140 g/mol. The number of carbonyl (C=O) groups is 1. The van der Waals surface area contributed by atoms with Gasteiger partial charge in [0.15, 0.2) is 0 Å². The number of hydrogen-bond acceptors (Lipinski definition) is 2. The maximum absolute atomic E-state index is 10.1. The largest absolute Gasteiger partial charge is 0.373 e.